The van der Waals surface area contributed by atoms with E-state index in [1.54, 1.807) is 28.6 Å². The summed E-state index contributed by atoms with van der Waals surface area (Å²) >= 11 is 1.80. The Balaban J connectivity index is 1.61. The van der Waals surface area contributed by atoms with Crippen molar-refractivity contribution in [3.63, 3.8) is 0 Å². The first-order chi connectivity index (χ1) is 15.3. The van der Waals surface area contributed by atoms with E-state index in [-0.39, 0.29) is 21.9 Å². The van der Waals surface area contributed by atoms with Crippen molar-refractivity contribution in [1.29, 1.82) is 0 Å². The van der Waals surface area contributed by atoms with Gasteiger partial charge in [0, 0.05) is 18.1 Å². The molecule has 0 spiro atoms. The molecule has 0 unspecified atom stereocenters. The van der Waals surface area contributed by atoms with E-state index in [1.165, 1.54) is 10.4 Å². The van der Waals surface area contributed by atoms with Crippen LogP contribution in [-0.4, -0.2) is 29.7 Å². The van der Waals surface area contributed by atoms with Gasteiger partial charge in [-0.1, -0.05) is 81.4 Å². The van der Waals surface area contributed by atoms with E-state index in [0.29, 0.717) is 11.9 Å². The number of benzene rings is 2. The quantitative estimate of drug-likeness (QED) is 0.561. The summed E-state index contributed by atoms with van der Waals surface area (Å²) in [6.45, 7) is 7.54. The lowest BCUT2D eigenvalue weighted by atomic mass is 10.2. The highest BCUT2D eigenvalue weighted by atomic mass is 32.2. The second kappa shape index (κ2) is 9.25. The standard InChI is InChI=1S/C25H31N3O2SSi/c1-25(2,3)32(20-10-6-4-7-11-20,21-12-8-5-9-13-21)30-18-19-14-15-23(31-19)28-17-16-22(26)27-24(28)29/h4-13,16-17,19,23H,14-15,18H2,1-3H3,(H2,26,27,29)/t19-,23-/m1/s1. The van der Waals surface area contributed by atoms with Crippen LogP contribution in [0.2, 0.25) is 5.04 Å². The van der Waals surface area contributed by atoms with Crippen LogP contribution in [0.15, 0.2) is 77.7 Å². The molecule has 1 aliphatic rings. The summed E-state index contributed by atoms with van der Waals surface area (Å²) in [6.07, 6.45) is 3.68. The predicted octanol–water partition coefficient (Wildman–Crippen LogP) is 3.80. The van der Waals surface area contributed by atoms with Crippen LogP contribution in [-0.2, 0) is 4.43 Å². The summed E-state index contributed by atoms with van der Waals surface area (Å²) in [5.74, 6) is 0.265. The molecule has 0 aliphatic carbocycles. The molecule has 0 amide bonds. The highest BCUT2D eigenvalue weighted by Crippen LogP contribution is 2.42. The van der Waals surface area contributed by atoms with Crippen molar-refractivity contribution < 1.29 is 4.43 Å². The summed E-state index contributed by atoms with van der Waals surface area (Å²) in [7, 11) is -2.55. The zero-order chi connectivity index (χ0) is 22.8. The maximum Gasteiger partial charge on any atom is 0.350 e. The van der Waals surface area contributed by atoms with E-state index in [4.69, 9.17) is 10.2 Å². The topological polar surface area (TPSA) is 70.1 Å². The summed E-state index contributed by atoms with van der Waals surface area (Å²) in [6, 6.07) is 23.1. The Morgan fingerprint density at radius 3 is 2.16 bits per heavy atom. The molecule has 5 nitrogen and oxygen atoms in total. The molecular formula is C25H31N3O2SSi. The molecule has 2 aromatic carbocycles. The molecule has 2 heterocycles. The molecule has 0 radical (unpaired) electrons. The van der Waals surface area contributed by atoms with E-state index in [9.17, 15) is 4.79 Å². The Morgan fingerprint density at radius 1 is 1.03 bits per heavy atom. The fourth-order valence-electron chi connectivity index (χ4n) is 4.64. The molecule has 0 bridgehead atoms. The summed E-state index contributed by atoms with van der Waals surface area (Å²) in [4.78, 5) is 16.2. The van der Waals surface area contributed by atoms with Gasteiger partial charge in [0.05, 0.1) is 5.37 Å². The van der Waals surface area contributed by atoms with Crippen LogP contribution in [0.5, 0.6) is 0 Å². The Hall–Kier alpha value is -2.35. The van der Waals surface area contributed by atoms with E-state index in [2.05, 4.69) is 86.4 Å². The molecule has 7 heteroatoms. The molecule has 3 aromatic rings. The number of nitrogens with two attached hydrogens (primary N) is 1. The molecule has 2 N–H and O–H groups in total. The van der Waals surface area contributed by atoms with Gasteiger partial charge >= 0.3 is 5.69 Å². The maximum atomic E-state index is 12.3. The molecule has 2 atom stereocenters. The normalized spacial score (nSPS) is 19.2. The van der Waals surface area contributed by atoms with Gasteiger partial charge in [0.2, 0.25) is 0 Å². The number of hydrogen-bond donors (Lipinski definition) is 1. The Bertz CT molecular complexity index is 1060. The maximum absolute atomic E-state index is 12.3. The van der Waals surface area contributed by atoms with E-state index in [1.807, 2.05) is 0 Å². The van der Waals surface area contributed by atoms with Crippen LogP contribution in [0.1, 0.15) is 39.0 Å². The molecule has 1 aromatic heterocycles. The minimum absolute atomic E-state index is 0.0454. The highest BCUT2D eigenvalue weighted by Gasteiger charge is 2.50. The van der Waals surface area contributed by atoms with Crippen LogP contribution in [0, 0.1) is 0 Å². The largest absolute Gasteiger partial charge is 0.406 e. The van der Waals surface area contributed by atoms with Crippen molar-refractivity contribution in [2.45, 2.75) is 49.3 Å². The van der Waals surface area contributed by atoms with Crippen LogP contribution < -0.4 is 21.8 Å². The van der Waals surface area contributed by atoms with Crippen LogP contribution in [0.3, 0.4) is 0 Å². The minimum Gasteiger partial charge on any atom is -0.406 e. The number of thioether (sulfide) groups is 1. The first-order valence-corrected chi connectivity index (χ1v) is 13.9. The predicted molar refractivity (Wildman–Crippen MR) is 136 cm³/mol. The zero-order valence-corrected chi connectivity index (χ0v) is 20.7. The molecule has 1 fully saturated rings. The number of aromatic nitrogens is 2. The number of nitrogen functional groups attached to an aromatic ring is 1. The fraction of sp³-hybridized carbons (Fsp3) is 0.360. The number of hydrogen-bond acceptors (Lipinski definition) is 5. The molecule has 1 aliphatic heterocycles. The molecular weight excluding hydrogens is 434 g/mol. The van der Waals surface area contributed by atoms with Crippen molar-refractivity contribution in [1.82, 2.24) is 9.55 Å². The molecule has 168 valence electrons. The monoisotopic (exact) mass is 465 g/mol. The van der Waals surface area contributed by atoms with E-state index in [0.717, 1.165) is 12.8 Å². The van der Waals surface area contributed by atoms with Gasteiger partial charge in [0.1, 0.15) is 5.82 Å². The van der Waals surface area contributed by atoms with Crippen molar-refractivity contribution in [2.75, 3.05) is 12.3 Å². The van der Waals surface area contributed by atoms with Crippen molar-refractivity contribution >= 4 is 36.3 Å². The van der Waals surface area contributed by atoms with Gasteiger partial charge in [0.15, 0.2) is 0 Å². The molecule has 0 saturated carbocycles. The van der Waals surface area contributed by atoms with Crippen LogP contribution in [0.25, 0.3) is 0 Å². The van der Waals surface area contributed by atoms with Crippen molar-refractivity contribution in [3.05, 3.63) is 83.4 Å². The Morgan fingerprint density at radius 2 is 1.62 bits per heavy atom. The average Bonchev–Trinajstić information content (AvgIpc) is 3.23. The average molecular weight is 466 g/mol. The third kappa shape index (κ3) is 4.42. The number of nitrogens with zero attached hydrogens (tertiary/aromatic N) is 2. The van der Waals surface area contributed by atoms with Gasteiger partial charge < -0.3 is 10.2 Å². The lowest BCUT2D eigenvalue weighted by molar-refractivity contribution is 0.295. The zero-order valence-electron chi connectivity index (χ0n) is 18.9. The van der Waals surface area contributed by atoms with Gasteiger partial charge in [-0.3, -0.25) is 4.57 Å². The lowest BCUT2D eigenvalue weighted by Gasteiger charge is -2.43. The summed E-state index contributed by atoms with van der Waals surface area (Å²) in [5.41, 5.74) is 5.37. The lowest BCUT2D eigenvalue weighted by Crippen LogP contribution is -2.67. The van der Waals surface area contributed by atoms with Crippen molar-refractivity contribution in [3.8, 4) is 0 Å². The van der Waals surface area contributed by atoms with Gasteiger partial charge in [-0.2, -0.15) is 4.98 Å². The van der Waals surface area contributed by atoms with E-state index < -0.39 is 8.32 Å². The van der Waals surface area contributed by atoms with Crippen molar-refractivity contribution in [2.24, 2.45) is 0 Å². The second-order valence-corrected chi connectivity index (χ2v) is 15.1. The second-order valence-electron chi connectivity index (χ2n) is 9.31. The first kappa shape index (κ1) is 22.8. The molecule has 32 heavy (non-hydrogen) atoms. The minimum atomic E-state index is -2.55. The fourth-order valence-corrected chi connectivity index (χ4v) is 10.8. The van der Waals surface area contributed by atoms with Gasteiger partial charge in [-0.25, -0.2) is 4.79 Å². The third-order valence-electron chi connectivity index (χ3n) is 6.15. The van der Waals surface area contributed by atoms with Gasteiger partial charge in [0.25, 0.3) is 8.32 Å². The Kier molecular flexibility index (Phi) is 6.60. The van der Waals surface area contributed by atoms with Gasteiger partial charge in [-0.05, 0) is 34.3 Å². The van der Waals surface area contributed by atoms with Crippen LogP contribution >= 0.6 is 11.8 Å². The van der Waals surface area contributed by atoms with E-state index >= 15 is 0 Å². The summed E-state index contributed by atoms with van der Waals surface area (Å²) < 4.78 is 8.78. The van der Waals surface area contributed by atoms with Gasteiger partial charge in [-0.15, -0.1) is 11.8 Å². The molecule has 1 saturated heterocycles. The highest BCUT2D eigenvalue weighted by molar-refractivity contribution is 8.00. The summed E-state index contributed by atoms with van der Waals surface area (Å²) in [5, 5.41) is 2.93. The number of anilines is 1. The Labute approximate surface area is 195 Å². The number of rotatable bonds is 6. The third-order valence-corrected chi connectivity index (χ3v) is 12.7. The smallest absolute Gasteiger partial charge is 0.350 e. The first-order valence-electron chi connectivity index (χ1n) is 11.1. The van der Waals surface area contributed by atoms with Crippen LogP contribution in [0.4, 0.5) is 5.82 Å². The molecule has 4 rings (SSSR count). The SMILES string of the molecule is CC(C)(C)[Si](OC[C@H]1CC[C@H](n2ccc(N)nc2=O)S1)(c1ccccc1)c1ccccc1.